The molecule has 9 heteroatoms. The number of benzene rings is 4. The van der Waals surface area contributed by atoms with Crippen molar-refractivity contribution in [3.63, 3.8) is 0 Å². The molecule has 0 fully saturated rings. The second-order valence-electron chi connectivity index (χ2n) is 9.84. The highest BCUT2D eigenvalue weighted by molar-refractivity contribution is 8.00. The van der Waals surface area contributed by atoms with Crippen molar-refractivity contribution < 1.29 is 18.8 Å². The molecule has 6 rings (SSSR count). The van der Waals surface area contributed by atoms with E-state index in [0.29, 0.717) is 17.0 Å². The number of hydrogen-bond donors (Lipinski definition) is 2. The number of fused-ring (bicyclic) bond motifs is 2. The molecule has 0 bridgehead atoms. The fourth-order valence-electron chi connectivity index (χ4n) is 4.65. The maximum Gasteiger partial charge on any atom is 0.272 e. The van der Waals surface area contributed by atoms with Crippen LogP contribution in [0.25, 0.3) is 6.08 Å². The minimum absolute atomic E-state index is 0.0190. The van der Waals surface area contributed by atoms with Crippen molar-refractivity contribution in [1.29, 1.82) is 0 Å². The molecule has 2 N–H and O–H groups in total. The van der Waals surface area contributed by atoms with E-state index in [4.69, 9.17) is 4.42 Å². The lowest BCUT2D eigenvalue weighted by Gasteiger charge is -2.32. The Hall–Kier alpha value is -4.99. The first-order valence-corrected chi connectivity index (χ1v) is 15.6. The highest BCUT2D eigenvalue weighted by Crippen LogP contribution is 2.48. The van der Waals surface area contributed by atoms with Crippen LogP contribution < -0.4 is 15.5 Å². The molecule has 1 aliphatic heterocycles. The summed E-state index contributed by atoms with van der Waals surface area (Å²) in [6.45, 7) is 1.90. The highest BCUT2D eigenvalue weighted by atomic mass is 32.2. The summed E-state index contributed by atoms with van der Waals surface area (Å²) in [7, 11) is 0. The summed E-state index contributed by atoms with van der Waals surface area (Å²) in [6, 6.07) is 35.2. The molecule has 218 valence electrons. The first-order valence-electron chi connectivity index (χ1n) is 13.9. The van der Waals surface area contributed by atoms with Crippen molar-refractivity contribution in [3.8, 4) is 0 Å². The molecule has 1 atom stereocenters. The van der Waals surface area contributed by atoms with E-state index >= 15 is 0 Å². The lowest BCUT2D eigenvalue weighted by molar-refractivity contribution is -0.117. The van der Waals surface area contributed by atoms with Gasteiger partial charge in [-0.25, -0.2) is 0 Å². The number of carbonyl (C=O) groups is 3. The molecule has 4 aromatic carbocycles. The van der Waals surface area contributed by atoms with E-state index in [9.17, 15) is 14.4 Å². The summed E-state index contributed by atoms with van der Waals surface area (Å²) in [5.74, 6) is -0.516. The predicted octanol–water partition coefficient (Wildman–Crippen LogP) is 8.00. The van der Waals surface area contributed by atoms with Crippen molar-refractivity contribution in [2.45, 2.75) is 26.9 Å². The second-order valence-corrected chi connectivity index (χ2v) is 12.3. The summed E-state index contributed by atoms with van der Waals surface area (Å²) in [5.41, 5.74) is 2.75. The number of para-hydroxylation sites is 2. The molecular formula is C35H27N3O4S2. The van der Waals surface area contributed by atoms with Gasteiger partial charge in [0.1, 0.15) is 11.5 Å². The Morgan fingerprint density at radius 2 is 1.43 bits per heavy atom. The average Bonchev–Trinajstić information content (AvgIpc) is 3.57. The molecule has 0 spiro atoms. The fourth-order valence-corrected chi connectivity index (χ4v) is 6.62. The Morgan fingerprint density at radius 3 is 2.07 bits per heavy atom. The minimum atomic E-state index is -0.505. The van der Waals surface area contributed by atoms with E-state index in [1.807, 2.05) is 78.6 Å². The third-order valence-electron chi connectivity index (χ3n) is 6.78. The van der Waals surface area contributed by atoms with Crippen LogP contribution in [0.5, 0.6) is 0 Å². The Bertz CT molecular complexity index is 1790. The van der Waals surface area contributed by atoms with E-state index < -0.39 is 11.8 Å². The van der Waals surface area contributed by atoms with Gasteiger partial charge in [0.2, 0.25) is 5.91 Å². The topological polar surface area (TPSA) is 91.6 Å². The van der Waals surface area contributed by atoms with Crippen LogP contribution in [0.3, 0.4) is 0 Å². The maximum absolute atomic E-state index is 13.8. The summed E-state index contributed by atoms with van der Waals surface area (Å²) < 4.78 is 5.36. The number of carbonyl (C=O) groups excluding carboxylic acids is 3. The Kier molecular flexibility index (Phi) is 8.67. The lowest BCUT2D eigenvalue weighted by atomic mass is 10.2. The lowest BCUT2D eigenvalue weighted by Crippen LogP contribution is -2.34. The van der Waals surface area contributed by atoms with Gasteiger partial charge in [-0.2, -0.15) is 0 Å². The third-order valence-corrected chi connectivity index (χ3v) is 9.01. The van der Waals surface area contributed by atoms with E-state index in [-0.39, 0.29) is 16.9 Å². The van der Waals surface area contributed by atoms with Crippen molar-refractivity contribution in [2.24, 2.45) is 0 Å². The molecule has 44 heavy (non-hydrogen) atoms. The molecule has 0 aliphatic carbocycles. The predicted molar refractivity (Wildman–Crippen MR) is 175 cm³/mol. The maximum atomic E-state index is 13.8. The standard InChI is InChI=1S/C35H27N3O4S2/c1-23(35(41)38-29-13-5-7-15-31(29)44-32-16-8-6-14-30(32)38)43-27-19-17-25(18-20-27)36-34(40)28(22-26-12-9-21-42-26)37-33(39)24-10-3-2-4-11-24/h2-23H,1H3,(H,36,40)(H,37,39)/b28-22-. The SMILES string of the molecule is CC(Sc1ccc(NC(=O)/C(=C/c2ccco2)NC(=O)c2ccccc2)cc1)C(=O)N1c2ccccc2Sc2ccccc21. The number of hydrogen-bond acceptors (Lipinski definition) is 6. The highest BCUT2D eigenvalue weighted by Gasteiger charge is 2.31. The molecule has 5 aromatic rings. The third kappa shape index (κ3) is 6.49. The zero-order valence-corrected chi connectivity index (χ0v) is 25.2. The van der Waals surface area contributed by atoms with E-state index in [1.165, 1.54) is 24.1 Å². The van der Waals surface area contributed by atoms with Gasteiger partial charge in [0.15, 0.2) is 0 Å². The molecule has 1 unspecified atom stereocenters. The smallest absolute Gasteiger partial charge is 0.272 e. The van der Waals surface area contributed by atoms with Gasteiger partial charge in [-0.15, -0.1) is 11.8 Å². The van der Waals surface area contributed by atoms with Crippen LogP contribution in [0.4, 0.5) is 17.1 Å². The van der Waals surface area contributed by atoms with Crippen LogP contribution in [0.1, 0.15) is 23.0 Å². The molecule has 0 saturated carbocycles. The number of anilines is 3. The Balaban J connectivity index is 1.15. The molecule has 2 heterocycles. The molecule has 0 radical (unpaired) electrons. The van der Waals surface area contributed by atoms with Gasteiger partial charge in [0.05, 0.1) is 22.9 Å². The van der Waals surface area contributed by atoms with Crippen LogP contribution in [-0.4, -0.2) is 23.0 Å². The molecule has 7 nitrogen and oxygen atoms in total. The monoisotopic (exact) mass is 617 g/mol. The number of nitrogens with one attached hydrogen (secondary N) is 2. The molecular weight excluding hydrogens is 591 g/mol. The first-order chi connectivity index (χ1) is 21.5. The van der Waals surface area contributed by atoms with Crippen molar-refractivity contribution in [3.05, 3.63) is 139 Å². The van der Waals surface area contributed by atoms with E-state index in [2.05, 4.69) is 10.6 Å². The van der Waals surface area contributed by atoms with Gasteiger partial charge in [-0.05, 0) is 79.7 Å². The van der Waals surface area contributed by atoms with Crippen LogP contribution in [-0.2, 0) is 9.59 Å². The van der Waals surface area contributed by atoms with Gasteiger partial charge in [0, 0.05) is 32.0 Å². The number of thioether (sulfide) groups is 1. The van der Waals surface area contributed by atoms with Crippen LogP contribution in [0.15, 0.2) is 146 Å². The Morgan fingerprint density at radius 1 is 0.795 bits per heavy atom. The Labute approximate surface area is 263 Å². The zero-order chi connectivity index (χ0) is 30.5. The van der Waals surface area contributed by atoms with Crippen molar-refractivity contribution in [2.75, 3.05) is 10.2 Å². The van der Waals surface area contributed by atoms with Crippen molar-refractivity contribution in [1.82, 2.24) is 5.32 Å². The van der Waals surface area contributed by atoms with Gasteiger partial charge in [-0.3, -0.25) is 19.3 Å². The number of rotatable bonds is 8. The average molecular weight is 618 g/mol. The fraction of sp³-hybridized carbons (Fsp3) is 0.0571. The zero-order valence-electron chi connectivity index (χ0n) is 23.6. The van der Waals surface area contributed by atoms with E-state index in [0.717, 1.165) is 26.1 Å². The number of furan rings is 1. The first kappa shape index (κ1) is 29.1. The molecule has 1 aromatic heterocycles. The molecule has 1 aliphatic rings. The quantitative estimate of drug-likeness (QED) is 0.135. The number of amides is 3. The van der Waals surface area contributed by atoms with Crippen LogP contribution in [0.2, 0.25) is 0 Å². The van der Waals surface area contributed by atoms with E-state index in [1.54, 1.807) is 60.3 Å². The molecule has 0 saturated heterocycles. The van der Waals surface area contributed by atoms with Crippen LogP contribution >= 0.6 is 23.5 Å². The summed E-state index contributed by atoms with van der Waals surface area (Å²) in [5, 5.41) is 5.15. The van der Waals surface area contributed by atoms with Gasteiger partial charge < -0.3 is 15.1 Å². The van der Waals surface area contributed by atoms with Gasteiger partial charge in [-0.1, -0.05) is 54.2 Å². The van der Waals surface area contributed by atoms with Gasteiger partial charge in [0.25, 0.3) is 11.8 Å². The largest absolute Gasteiger partial charge is 0.465 e. The normalized spacial score (nSPS) is 12.9. The summed E-state index contributed by atoms with van der Waals surface area (Å²) in [4.78, 5) is 44.6. The minimum Gasteiger partial charge on any atom is -0.465 e. The summed E-state index contributed by atoms with van der Waals surface area (Å²) >= 11 is 3.11. The van der Waals surface area contributed by atoms with Crippen LogP contribution in [0, 0.1) is 0 Å². The van der Waals surface area contributed by atoms with Crippen molar-refractivity contribution >= 4 is 64.4 Å². The second kappa shape index (κ2) is 13.1. The summed E-state index contributed by atoms with van der Waals surface area (Å²) in [6.07, 6.45) is 2.97. The van der Waals surface area contributed by atoms with Gasteiger partial charge >= 0.3 is 0 Å². The number of nitrogens with zero attached hydrogens (tertiary/aromatic N) is 1. The molecule has 3 amide bonds.